The zero-order chi connectivity index (χ0) is 7.33. The molecule has 0 rings (SSSR count). The zero-order valence-electron chi connectivity index (χ0n) is 6.61. The van der Waals surface area contributed by atoms with Gasteiger partial charge in [-0.3, -0.25) is 0 Å². The van der Waals surface area contributed by atoms with Crippen molar-refractivity contribution in [3.63, 3.8) is 0 Å². The van der Waals surface area contributed by atoms with Crippen molar-refractivity contribution in [2.75, 3.05) is 0 Å². The molecular weight excluding hydrogens is 127 g/mol. The van der Waals surface area contributed by atoms with Crippen LogP contribution in [0.25, 0.3) is 0 Å². The number of hydrogen-bond acceptors (Lipinski definition) is 1. The van der Waals surface area contributed by atoms with E-state index < -0.39 is 0 Å². The molecule has 0 spiro atoms. The van der Waals surface area contributed by atoms with Crippen LogP contribution in [-0.4, -0.2) is 22.2 Å². The van der Waals surface area contributed by atoms with Gasteiger partial charge in [0.1, 0.15) is 0 Å². The third-order valence-corrected chi connectivity index (χ3v) is 2.68. The van der Waals surface area contributed by atoms with Gasteiger partial charge >= 0.3 is 0 Å². The molecule has 0 heterocycles. The average Bonchev–Trinajstić information content (AvgIpc) is 1.95. The summed E-state index contributed by atoms with van der Waals surface area (Å²) in [4.78, 5) is 0. The molecule has 2 heteroatoms. The lowest BCUT2D eigenvalue weighted by Crippen LogP contribution is -2.28. The van der Waals surface area contributed by atoms with E-state index in [1.807, 2.05) is 0 Å². The normalized spacial score (nSPS) is 12.0. The maximum atomic E-state index is 5.30. The Labute approximate surface area is 66.5 Å². The van der Waals surface area contributed by atoms with Gasteiger partial charge in [0.05, 0.1) is 0 Å². The van der Waals surface area contributed by atoms with Gasteiger partial charge in [-0.15, -0.1) is 0 Å². The van der Waals surface area contributed by atoms with Gasteiger partial charge in [0.2, 0.25) is 0 Å². The van der Waals surface area contributed by atoms with Crippen LogP contribution in [0.1, 0.15) is 40.0 Å². The van der Waals surface area contributed by atoms with E-state index >= 15 is 0 Å². The van der Waals surface area contributed by atoms with Crippen molar-refractivity contribution in [3.8, 4) is 0 Å². The van der Waals surface area contributed by atoms with Crippen LogP contribution in [0.2, 0.25) is 0 Å². The second-order valence-electron chi connectivity index (χ2n) is 2.36. The first-order chi connectivity index (χ1) is 4.24. The Morgan fingerprint density at radius 3 is 1.44 bits per heavy atom. The highest BCUT2D eigenvalue weighted by Crippen LogP contribution is 2.22. The van der Waals surface area contributed by atoms with E-state index in [2.05, 4.69) is 37.4 Å². The Balaban J connectivity index is 3.82. The Hall–Kier alpha value is 0.492. The summed E-state index contributed by atoms with van der Waals surface area (Å²) in [7, 11) is 0. The summed E-state index contributed by atoms with van der Waals surface area (Å²) in [6.45, 7) is 6.49. The monoisotopic (exact) mass is 142 g/mol. The van der Waals surface area contributed by atoms with Crippen LogP contribution in [0.15, 0.2) is 0 Å². The lowest BCUT2D eigenvalue weighted by molar-refractivity contribution is 0.0668. The summed E-state index contributed by atoms with van der Waals surface area (Å²) >= 11 is 2.36. The summed E-state index contributed by atoms with van der Waals surface area (Å²) in [6, 6.07) is 0. The summed E-state index contributed by atoms with van der Waals surface area (Å²) in [5, 5.41) is 0. The van der Waals surface area contributed by atoms with Gasteiger partial charge in [0, 0.05) is 5.60 Å². The van der Waals surface area contributed by atoms with Gasteiger partial charge in [-0.25, -0.2) is 0 Å². The smallest absolute Gasteiger partial charge is 0.00255 e. The maximum absolute atomic E-state index is 5.30. The molecule has 1 nitrogen and oxygen atoms in total. The molecular formula is C7H15AlO-. The third-order valence-electron chi connectivity index (χ3n) is 2.18. The van der Waals surface area contributed by atoms with E-state index in [1.54, 1.807) is 0 Å². The first-order valence-corrected chi connectivity index (χ1v) is 4.09. The van der Waals surface area contributed by atoms with Crippen molar-refractivity contribution in [2.24, 2.45) is 0 Å². The fourth-order valence-corrected chi connectivity index (χ4v) is 1.50. The van der Waals surface area contributed by atoms with Crippen LogP contribution in [-0.2, 0) is 3.79 Å². The molecule has 0 aromatic carbocycles. The van der Waals surface area contributed by atoms with Crippen molar-refractivity contribution in [3.05, 3.63) is 0 Å². The zero-order valence-corrected chi connectivity index (χ0v) is 7.76. The van der Waals surface area contributed by atoms with Crippen LogP contribution in [0.5, 0.6) is 0 Å². The molecule has 0 unspecified atom stereocenters. The first-order valence-electron chi connectivity index (χ1n) is 3.62. The van der Waals surface area contributed by atoms with Crippen LogP contribution >= 0.6 is 0 Å². The minimum absolute atomic E-state index is 0.130. The molecule has 0 amide bonds. The molecule has 0 atom stereocenters. The fraction of sp³-hybridized carbons (Fsp3) is 1.00. The predicted octanol–water partition coefficient (Wildman–Crippen LogP) is 2.06. The Kier molecular flexibility index (Phi) is 4.57. The molecule has 0 saturated carbocycles. The Morgan fingerprint density at radius 1 is 1.11 bits per heavy atom. The van der Waals surface area contributed by atoms with Crippen LogP contribution in [0.4, 0.5) is 0 Å². The molecule has 0 aliphatic rings. The highest BCUT2D eigenvalue weighted by Gasteiger charge is 2.15. The third kappa shape index (κ3) is 2.29. The average molecular weight is 142 g/mol. The minimum Gasteiger partial charge on any atom is -0.756 e. The summed E-state index contributed by atoms with van der Waals surface area (Å²) in [6.07, 6.45) is 3.30. The number of rotatable bonds is 4. The molecule has 0 bridgehead atoms. The van der Waals surface area contributed by atoms with Gasteiger partial charge in [-0.1, -0.05) is 20.8 Å². The van der Waals surface area contributed by atoms with E-state index in [0.717, 1.165) is 19.3 Å². The van der Waals surface area contributed by atoms with E-state index in [4.69, 9.17) is 3.79 Å². The van der Waals surface area contributed by atoms with E-state index in [0.29, 0.717) is 0 Å². The highest BCUT2D eigenvalue weighted by molar-refractivity contribution is 5.98. The van der Waals surface area contributed by atoms with E-state index in [-0.39, 0.29) is 5.60 Å². The van der Waals surface area contributed by atoms with Crippen molar-refractivity contribution in [1.29, 1.82) is 0 Å². The standard InChI is InChI=1S/C7H15O.Al/c1-4-7(8,5-2)6-3;/h4-6H2,1-3H3;/q-1;. The SMILES string of the molecule is CCC(CC)(CC)[O][Al-]. The van der Waals surface area contributed by atoms with Crippen molar-refractivity contribution in [2.45, 2.75) is 45.6 Å². The summed E-state index contributed by atoms with van der Waals surface area (Å²) in [5.41, 5.74) is 0.130. The Morgan fingerprint density at radius 2 is 1.44 bits per heavy atom. The van der Waals surface area contributed by atoms with Crippen LogP contribution in [0, 0.1) is 0 Å². The second-order valence-corrected chi connectivity index (χ2v) is 2.60. The van der Waals surface area contributed by atoms with Crippen LogP contribution < -0.4 is 0 Å². The van der Waals surface area contributed by atoms with Gasteiger partial charge in [0.25, 0.3) is 0 Å². The lowest BCUT2D eigenvalue weighted by atomic mass is 9.95. The topological polar surface area (TPSA) is 9.23 Å². The largest absolute Gasteiger partial charge is 0.756 e. The molecule has 9 heavy (non-hydrogen) atoms. The minimum atomic E-state index is 0.130. The van der Waals surface area contributed by atoms with Gasteiger partial charge in [-0.05, 0) is 19.3 Å². The lowest BCUT2D eigenvalue weighted by Gasteiger charge is -2.40. The van der Waals surface area contributed by atoms with Crippen molar-refractivity contribution in [1.82, 2.24) is 0 Å². The molecule has 53 valence electrons. The number of hydrogen-bond donors (Lipinski definition) is 0. The van der Waals surface area contributed by atoms with Gasteiger partial charge in [0.15, 0.2) is 0 Å². The van der Waals surface area contributed by atoms with Crippen molar-refractivity contribution < 1.29 is 3.79 Å². The molecule has 0 aromatic rings. The molecule has 0 aromatic heterocycles. The molecule has 0 aliphatic carbocycles. The molecule has 0 saturated heterocycles. The summed E-state index contributed by atoms with van der Waals surface area (Å²) < 4.78 is 5.30. The first kappa shape index (κ1) is 9.49. The quantitative estimate of drug-likeness (QED) is 0.546. The fourth-order valence-electron chi connectivity index (χ4n) is 1.00. The molecule has 3 radical (unpaired) electrons. The van der Waals surface area contributed by atoms with E-state index in [9.17, 15) is 0 Å². The maximum Gasteiger partial charge on any atom is 0.00255 e. The molecule has 0 N–H and O–H groups in total. The molecule has 0 aliphatic heterocycles. The second kappa shape index (κ2) is 4.33. The summed E-state index contributed by atoms with van der Waals surface area (Å²) in [5.74, 6) is 0. The molecule has 0 fully saturated rings. The highest BCUT2D eigenvalue weighted by atomic mass is 27.1. The van der Waals surface area contributed by atoms with E-state index in [1.165, 1.54) is 0 Å². The van der Waals surface area contributed by atoms with Gasteiger partial charge in [-0.2, -0.15) is 0 Å². The van der Waals surface area contributed by atoms with Crippen LogP contribution in [0.3, 0.4) is 0 Å². The van der Waals surface area contributed by atoms with Crippen molar-refractivity contribution >= 4 is 16.6 Å². The van der Waals surface area contributed by atoms with Gasteiger partial charge < -0.3 is 20.4 Å². The Bertz CT molecular complexity index is 51.8. The predicted molar refractivity (Wildman–Crippen MR) is 40.4 cm³/mol.